The van der Waals surface area contributed by atoms with Gasteiger partial charge in [0.15, 0.2) is 0 Å². The first-order valence-electron chi connectivity index (χ1n) is 12.7. The van der Waals surface area contributed by atoms with Gasteiger partial charge in [-0.05, 0) is 56.3 Å². The smallest absolute Gasteiger partial charge is 0.305 e. The summed E-state index contributed by atoms with van der Waals surface area (Å²) in [5, 5.41) is 0. The number of hydrogen-bond donors (Lipinski definition) is 0. The van der Waals surface area contributed by atoms with E-state index in [1.165, 1.54) is 25.7 Å². The van der Waals surface area contributed by atoms with E-state index in [2.05, 4.69) is 34.6 Å². The Morgan fingerprint density at radius 2 is 1.10 bits per heavy atom. The van der Waals surface area contributed by atoms with Gasteiger partial charge in [0.05, 0.1) is 13.2 Å². The molecule has 0 amide bonds. The van der Waals surface area contributed by atoms with Crippen LogP contribution in [0, 0.1) is 17.8 Å². The standard InChI is InChI=1S/C26H50O4/c1-6-24(18-19-26(28)30-21-13-15-23(4)5)16-10-8-7-9-11-17-25(27)29-20-12-14-22(2)3/h22-24H,6-21H2,1-5H3. The molecule has 4 heteroatoms. The summed E-state index contributed by atoms with van der Waals surface area (Å²) in [6.07, 6.45) is 14.2. The summed E-state index contributed by atoms with van der Waals surface area (Å²) in [6.45, 7) is 12.1. The van der Waals surface area contributed by atoms with Crippen LogP contribution in [0.5, 0.6) is 0 Å². The average Bonchev–Trinajstić information content (AvgIpc) is 2.69. The van der Waals surface area contributed by atoms with E-state index in [-0.39, 0.29) is 11.9 Å². The second-order valence-electron chi connectivity index (χ2n) is 9.63. The van der Waals surface area contributed by atoms with Gasteiger partial charge in [0.1, 0.15) is 0 Å². The van der Waals surface area contributed by atoms with Crippen LogP contribution in [-0.4, -0.2) is 25.2 Å². The molecule has 0 radical (unpaired) electrons. The number of hydrogen-bond acceptors (Lipinski definition) is 4. The van der Waals surface area contributed by atoms with E-state index in [0.29, 0.717) is 43.8 Å². The highest BCUT2D eigenvalue weighted by atomic mass is 16.5. The van der Waals surface area contributed by atoms with Gasteiger partial charge >= 0.3 is 11.9 Å². The van der Waals surface area contributed by atoms with E-state index in [4.69, 9.17) is 9.47 Å². The summed E-state index contributed by atoms with van der Waals surface area (Å²) in [5.41, 5.74) is 0. The van der Waals surface area contributed by atoms with Gasteiger partial charge in [0.2, 0.25) is 0 Å². The second kappa shape index (κ2) is 19.9. The minimum atomic E-state index is -0.0408. The molecule has 1 atom stereocenters. The number of ether oxygens (including phenoxy) is 2. The number of carbonyl (C=O) groups excluding carboxylic acids is 2. The third-order valence-electron chi connectivity index (χ3n) is 5.71. The molecule has 0 spiro atoms. The molecule has 0 aromatic heterocycles. The van der Waals surface area contributed by atoms with Crippen LogP contribution in [0.15, 0.2) is 0 Å². The van der Waals surface area contributed by atoms with E-state index in [9.17, 15) is 9.59 Å². The van der Waals surface area contributed by atoms with Gasteiger partial charge in [-0.15, -0.1) is 0 Å². The normalized spacial score (nSPS) is 12.4. The SMILES string of the molecule is CCC(CCCCCCCC(=O)OCCCC(C)C)CCC(=O)OCCCC(C)C. The molecule has 30 heavy (non-hydrogen) atoms. The zero-order valence-corrected chi connectivity index (χ0v) is 20.7. The molecule has 0 saturated heterocycles. The molecular formula is C26H50O4. The Balaban J connectivity index is 3.57. The van der Waals surface area contributed by atoms with E-state index >= 15 is 0 Å². The fourth-order valence-corrected chi connectivity index (χ4v) is 3.61. The summed E-state index contributed by atoms with van der Waals surface area (Å²) >= 11 is 0. The molecule has 0 aliphatic heterocycles. The fourth-order valence-electron chi connectivity index (χ4n) is 3.61. The van der Waals surface area contributed by atoms with Crippen LogP contribution < -0.4 is 0 Å². The van der Waals surface area contributed by atoms with Gasteiger partial charge in [-0.3, -0.25) is 9.59 Å². The van der Waals surface area contributed by atoms with Gasteiger partial charge in [-0.25, -0.2) is 0 Å². The number of esters is 2. The van der Waals surface area contributed by atoms with Crippen LogP contribution in [0.25, 0.3) is 0 Å². The van der Waals surface area contributed by atoms with Crippen LogP contribution in [0.1, 0.15) is 125 Å². The van der Waals surface area contributed by atoms with Crippen LogP contribution in [0.2, 0.25) is 0 Å². The Labute approximate surface area is 186 Å². The predicted octanol–water partition coefficient (Wildman–Crippen LogP) is 7.48. The van der Waals surface area contributed by atoms with E-state index in [1.54, 1.807) is 0 Å². The molecule has 178 valence electrons. The number of rotatable bonds is 20. The molecule has 0 bridgehead atoms. The molecule has 0 aromatic rings. The zero-order valence-electron chi connectivity index (χ0n) is 20.7. The Kier molecular flexibility index (Phi) is 19.2. The molecule has 0 heterocycles. The van der Waals surface area contributed by atoms with Crippen molar-refractivity contribution in [1.29, 1.82) is 0 Å². The van der Waals surface area contributed by atoms with E-state index in [1.807, 2.05) is 0 Å². The molecule has 0 rings (SSSR count). The lowest BCUT2D eigenvalue weighted by atomic mass is 9.93. The summed E-state index contributed by atoms with van der Waals surface area (Å²) in [6, 6.07) is 0. The zero-order chi connectivity index (χ0) is 22.6. The van der Waals surface area contributed by atoms with Gasteiger partial charge in [0, 0.05) is 12.8 Å². The van der Waals surface area contributed by atoms with Crippen LogP contribution in [0.3, 0.4) is 0 Å². The minimum Gasteiger partial charge on any atom is -0.466 e. The van der Waals surface area contributed by atoms with Crippen molar-refractivity contribution in [3.8, 4) is 0 Å². The number of unbranched alkanes of at least 4 members (excludes halogenated alkanes) is 4. The van der Waals surface area contributed by atoms with Gasteiger partial charge in [0.25, 0.3) is 0 Å². The summed E-state index contributed by atoms with van der Waals surface area (Å²) in [4.78, 5) is 23.5. The summed E-state index contributed by atoms with van der Waals surface area (Å²) in [5.74, 6) is 1.88. The van der Waals surface area contributed by atoms with Crippen LogP contribution >= 0.6 is 0 Å². The lowest BCUT2D eigenvalue weighted by Gasteiger charge is -2.14. The molecule has 0 aliphatic carbocycles. The molecule has 0 aliphatic rings. The fraction of sp³-hybridized carbons (Fsp3) is 0.923. The lowest BCUT2D eigenvalue weighted by Crippen LogP contribution is -2.09. The highest BCUT2D eigenvalue weighted by molar-refractivity contribution is 5.69. The average molecular weight is 427 g/mol. The molecule has 1 unspecified atom stereocenters. The second-order valence-corrected chi connectivity index (χ2v) is 9.63. The van der Waals surface area contributed by atoms with E-state index < -0.39 is 0 Å². The van der Waals surface area contributed by atoms with Crippen molar-refractivity contribution < 1.29 is 19.1 Å². The molecule has 0 aromatic carbocycles. The van der Waals surface area contributed by atoms with Crippen molar-refractivity contribution in [2.75, 3.05) is 13.2 Å². The van der Waals surface area contributed by atoms with Crippen molar-refractivity contribution in [2.45, 2.75) is 125 Å². The van der Waals surface area contributed by atoms with Gasteiger partial charge in [-0.1, -0.05) is 73.1 Å². The quantitative estimate of drug-likeness (QED) is 0.149. The highest BCUT2D eigenvalue weighted by Crippen LogP contribution is 2.20. The topological polar surface area (TPSA) is 52.6 Å². The maximum Gasteiger partial charge on any atom is 0.305 e. The lowest BCUT2D eigenvalue weighted by molar-refractivity contribution is -0.145. The Bertz CT molecular complexity index is 417. The predicted molar refractivity (Wildman–Crippen MR) is 125 cm³/mol. The minimum absolute atomic E-state index is 0.0340. The Hall–Kier alpha value is -1.06. The third kappa shape index (κ3) is 20.2. The first kappa shape index (κ1) is 28.9. The first-order valence-corrected chi connectivity index (χ1v) is 12.7. The largest absolute Gasteiger partial charge is 0.466 e. The van der Waals surface area contributed by atoms with Crippen molar-refractivity contribution in [1.82, 2.24) is 0 Å². The molecular weight excluding hydrogens is 376 g/mol. The van der Waals surface area contributed by atoms with Gasteiger partial charge in [-0.2, -0.15) is 0 Å². The maximum absolute atomic E-state index is 11.9. The van der Waals surface area contributed by atoms with Crippen LogP contribution in [-0.2, 0) is 19.1 Å². The molecule has 0 N–H and O–H groups in total. The monoisotopic (exact) mass is 426 g/mol. The van der Waals surface area contributed by atoms with Crippen molar-refractivity contribution >= 4 is 11.9 Å². The number of carbonyl (C=O) groups is 2. The van der Waals surface area contributed by atoms with Gasteiger partial charge < -0.3 is 9.47 Å². The van der Waals surface area contributed by atoms with Crippen LogP contribution in [0.4, 0.5) is 0 Å². The molecule has 0 fully saturated rings. The Morgan fingerprint density at radius 1 is 0.600 bits per heavy atom. The third-order valence-corrected chi connectivity index (χ3v) is 5.71. The summed E-state index contributed by atoms with van der Waals surface area (Å²) < 4.78 is 10.6. The van der Waals surface area contributed by atoms with Crippen molar-refractivity contribution in [3.63, 3.8) is 0 Å². The molecule has 0 saturated carbocycles. The maximum atomic E-state index is 11.9. The highest BCUT2D eigenvalue weighted by Gasteiger charge is 2.11. The summed E-state index contributed by atoms with van der Waals surface area (Å²) in [7, 11) is 0. The Morgan fingerprint density at radius 3 is 1.63 bits per heavy atom. The van der Waals surface area contributed by atoms with E-state index in [0.717, 1.165) is 51.4 Å². The van der Waals surface area contributed by atoms with Crippen molar-refractivity contribution in [3.05, 3.63) is 0 Å². The van der Waals surface area contributed by atoms with Crippen molar-refractivity contribution in [2.24, 2.45) is 17.8 Å². The molecule has 4 nitrogen and oxygen atoms in total. The first-order chi connectivity index (χ1) is 14.3.